The van der Waals surface area contributed by atoms with Crippen LogP contribution in [0.4, 0.5) is 5.82 Å². The Morgan fingerprint density at radius 2 is 1.20 bits per heavy atom. The molecular formula is C41H42N6O2. The number of likely N-dealkylation sites (tertiary alicyclic amines) is 1. The first-order valence-electron chi connectivity index (χ1n) is 17.3. The van der Waals surface area contributed by atoms with Crippen molar-refractivity contribution in [3.05, 3.63) is 138 Å². The van der Waals surface area contributed by atoms with Gasteiger partial charge in [-0.1, -0.05) is 66.7 Å². The largest absolute Gasteiger partial charge is 0.356 e. The van der Waals surface area contributed by atoms with Crippen molar-refractivity contribution < 1.29 is 9.59 Å². The van der Waals surface area contributed by atoms with E-state index in [0.29, 0.717) is 11.1 Å². The standard InChI is InChI=1S/C41H42N6O2/c48-40(34-11-4-9-32(25-34)31-7-2-1-3-8-31)45-38-18-23-47(24-19-38)39-15-14-30(27-43-39)29-46-21-16-37(17-22-46)44-41(49)35-12-5-10-33(26-35)36-13-6-20-42-28-36/h1-15,20,25-28,37-38H,16-19,21-24,29H2,(H,44,49)(H,45,48). The summed E-state index contributed by atoms with van der Waals surface area (Å²) in [5.41, 5.74) is 6.70. The third-order valence-corrected chi connectivity index (χ3v) is 9.64. The number of nitrogens with zero attached hydrogens (tertiary/aromatic N) is 4. The van der Waals surface area contributed by atoms with Gasteiger partial charge in [0.25, 0.3) is 11.8 Å². The summed E-state index contributed by atoms with van der Waals surface area (Å²) >= 11 is 0. The molecule has 2 N–H and O–H groups in total. The molecule has 4 heterocycles. The number of pyridine rings is 2. The first-order chi connectivity index (χ1) is 24.1. The third-order valence-electron chi connectivity index (χ3n) is 9.64. The summed E-state index contributed by atoms with van der Waals surface area (Å²) < 4.78 is 0. The van der Waals surface area contributed by atoms with Crippen LogP contribution < -0.4 is 15.5 Å². The molecule has 7 rings (SSSR count). The van der Waals surface area contributed by atoms with Gasteiger partial charge in [0, 0.05) is 80.1 Å². The molecule has 248 valence electrons. The van der Waals surface area contributed by atoms with Gasteiger partial charge < -0.3 is 15.5 Å². The van der Waals surface area contributed by atoms with Crippen LogP contribution in [0.25, 0.3) is 22.3 Å². The minimum atomic E-state index is -0.0241. The quantitative estimate of drug-likeness (QED) is 0.187. The Kier molecular flexibility index (Phi) is 10.0. The van der Waals surface area contributed by atoms with E-state index in [-0.39, 0.29) is 23.9 Å². The number of hydrogen-bond acceptors (Lipinski definition) is 6. The van der Waals surface area contributed by atoms with Crippen LogP contribution >= 0.6 is 0 Å². The summed E-state index contributed by atoms with van der Waals surface area (Å²) in [6, 6.07) is 34.2. The maximum absolute atomic E-state index is 13.1. The summed E-state index contributed by atoms with van der Waals surface area (Å²) in [6.07, 6.45) is 9.17. The number of nitrogens with one attached hydrogen (secondary N) is 2. The lowest BCUT2D eigenvalue weighted by molar-refractivity contribution is 0.0906. The van der Waals surface area contributed by atoms with E-state index in [9.17, 15) is 9.59 Å². The Labute approximate surface area is 288 Å². The minimum Gasteiger partial charge on any atom is -0.356 e. The number of aromatic nitrogens is 2. The van der Waals surface area contributed by atoms with Crippen LogP contribution in [-0.2, 0) is 6.54 Å². The number of anilines is 1. The zero-order valence-corrected chi connectivity index (χ0v) is 27.7. The van der Waals surface area contributed by atoms with Gasteiger partial charge in [0.2, 0.25) is 0 Å². The van der Waals surface area contributed by atoms with E-state index in [0.717, 1.165) is 86.5 Å². The van der Waals surface area contributed by atoms with Crippen molar-refractivity contribution in [2.24, 2.45) is 0 Å². The highest BCUT2D eigenvalue weighted by Gasteiger charge is 2.24. The van der Waals surface area contributed by atoms with Crippen LogP contribution in [0.3, 0.4) is 0 Å². The van der Waals surface area contributed by atoms with E-state index < -0.39 is 0 Å². The van der Waals surface area contributed by atoms with Gasteiger partial charge in [-0.25, -0.2) is 4.98 Å². The predicted molar refractivity (Wildman–Crippen MR) is 194 cm³/mol. The van der Waals surface area contributed by atoms with E-state index in [1.165, 1.54) is 5.56 Å². The summed E-state index contributed by atoms with van der Waals surface area (Å²) in [7, 11) is 0. The lowest BCUT2D eigenvalue weighted by atomic mass is 10.0. The molecule has 2 fully saturated rings. The van der Waals surface area contributed by atoms with Gasteiger partial charge in [-0.05, 0) is 84.3 Å². The lowest BCUT2D eigenvalue weighted by Crippen LogP contribution is -2.45. The molecule has 2 aromatic heterocycles. The van der Waals surface area contributed by atoms with Gasteiger partial charge >= 0.3 is 0 Å². The fourth-order valence-corrected chi connectivity index (χ4v) is 6.83. The van der Waals surface area contributed by atoms with E-state index in [1.54, 1.807) is 6.20 Å². The molecule has 8 nitrogen and oxygen atoms in total. The third kappa shape index (κ3) is 8.21. The molecule has 0 spiro atoms. The number of carbonyl (C=O) groups is 2. The van der Waals surface area contributed by atoms with Crippen LogP contribution in [0.1, 0.15) is 52.0 Å². The average Bonchev–Trinajstić information content (AvgIpc) is 3.17. The molecule has 0 aliphatic carbocycles. The summed E-state index contributed by atoms with van der Waals surface area (Å²) in [4.78, 5) is 39.9. The molecule has 2 saturated heterocycles. The molecule has 2 amide bonds. The maximum Gasteiger partial charge on any atom is 0.251 e. The lowest BCUT2D eigenvalue weighted by Gasteiger charge is -2.34. The zero-order chi connectivity index (χ0) is 33.4. The number of benzene rings is 3. The monoisotopic (exact) mass is 650 g/mol. The zero-order valence-electron chi connectivity index (χ0n) is 27.7. The van der Waals surface area contributed by atoms with Crippen molar-refractivity contribution in [1.82, 2.24) is 25.5 Å². The number of rotatable bonds is 9. The average molecular weight is 651 g/mol. The Bertz CT molecular complexity index is 1850. The molecular weight excluding hydrogens is 608 g/mol. The van der Waals surface area contributed by atoms with Crippen molar-refractivity contribution in [3.63, 3.8) is 0 Å². The molecule has 0 unspecified atom stereocenters. The van der Waals surface area contributed by atoms with Crippen molar-refractivity contribution in [1.29, 1.82) is 0 Å². The second-order valence-corrected chi connectivity index (χ2v) is 13.1. The second kappa shape index (κ2) is 15.3. The Morgan fingerprint density at radius 3 is 1.80 bits per heavy atom. The van der Waals surface area contributed by atoms with Crippen LogP contribution in [0, 0.1) is 0 Å². The first-order valence-corrected chi connectivity index (χ1v) is 17.3. The fraction of sp³-hybridized carbons (Fsp3) is 0.268. The SMILES string of the molecule is O=C(NC1CCN(Cc2ccc(N3CCC(NC(=O)c4cccc(-c5ccccc5)c4)CC3)nc2)CC1)c1cccc(-c2cccnc2)c1. The molecule has 2 aliphatic heterocycles. The molecule has 3 aromatic carbocycles. The maximum atomic E-state index is 13.1. The Hall–Kier alpha value is -5.34. The highest BCUT2D eigenvalue weighted by molar-refractivity contribution is 5.96. The second-order valence-electron chi connectivity index (χ2n) is 13.1. The van der Waals surface area contributed by atoms with E-state index in [2.05, 4.69) is 49.7 Å². The molecule has 0 radical (unpaired) electrons. The molecule has 0 atom stereocenters. The number of carbonyl (C=O) groups excluding carboxylic acids is 2. The van der Waals surface area contributed by atoms with Gasteiger partial charge in [-0.15, -0.1) is 0 Å². The summed E-state index contributed by atoms with van der Waals surface area (Å²) in [5, 5.41) is 6.50. The summed E-state index contributed by atoms with van der Waals surface area (Å²) in [6.45, 7) is 4.42. The van der Waals surface area contributed by atoms with Crippen molar-refractivity contribution in [3.8, 4) is 22.3 Å². The van der Waals surface area contributed by atoms with Gasteiger partial charge in [0.1, 0.15) is 5.82 Å². The van der Waals surface area contributed by atoms with Crippen LogP contribution in [0.2, 0.25) is 0 Å². The van der Waals surface area contributed by atoms with Gasteiger partial charge in [-0.3, -0.25) is 19.5 Å². The first kappa shape index (κ1) is 32.2. The minimum absolute atomic E-state index is 0.0169. The van der Waals surface area contributed by atoms with Crippen LogP contribution in [0.5, 0.6) is 0 Å². The highest BCUT2D eigenvalue weighted by atomic mass is 16.2. The van der Waals surface area contributed by atoms with Crippen molar-refractivity contribution in [2.45, 2.75) is 44.3 Å². The predicted octanol–water partition coefficient (Wildman–Crippen LogP) is 6.60. The molecule has 49 heavy (non-hydrogen) atoms. The van der Waals surface area contributed by atoms with E-state index in [4.69, 9.17) is 4.98 Å². The van der Waals surface area contributed by atoms with Crippen molar-refractivity contribution in [2.75, 3.05) is 31.1 Å². The molecule has 0 bridgehead atoms. The smallest absolute Gasteiger partial charge is 0.251 e. The topological polar surface area (TPSA) is 90.5 Å². The van der Waals surface area contributed by atoms with Crippen LogP contribution in [0.15, 0.2) is 122 Å². The number of piperidine rings is 2. The number of amides is 2. The van der Waals surface area contributed by atoms with Gasteiger partial charge in [-0.2, -0.15) is 0 Å². The van der Waals surface area contributed by atoms with Crippen LogP contribution in [-0.4, -0.2) is 64.9 Å². The fourth-order valence-electron chi connectivity index (χ4n) is 6.83. The van der Waals surface area contributed by atoms with E-state index in [1.807, 2.05) is 91.3 Å². The van der Waals surface area contributed by atoms with Gasteiger partial charge in [0.15, 0.2) is 0 Å². The number of hydrogen-bond donors (Lipinski definition) is 2. The Morgan fingerprint density at radius 1 is 0.612 bits per heavy atom. The molecule has 8 heteroatoms. The van der Waals surface area contributed by atoms with E-state index >= 15 is 0 Å². The normalized spacial score (nSPS) is 15.9. The van der Waals surface area contributed by atoms with Crippen molar-refractivity contribution >= 4 is 17.6 Å². The van der Waals surface area contributed by atoms with Gasteiger partial charge in [0.05, 0.1) is 0 Å². The molecule has 5 aromatic rings. The Balaban J connectivity index is 0.842. The molecule has 0 saturated carbocycles. The highest BCUT2D eigenvalue weighted by Crippen LogP contribution is 2.23. The summed E-state index contributed by atoms with van der Waals surface area (Å²) in [5.74, 6) is 0.943. The molecule has 2 aliphatic rings.